The molecule has 2 aromatic heterocycles. The van der Waals surface area contributed by atoms with Crippen molar-refractivity contribution in [3.63, 3.8) is 0 Å². The van der Waals surface area contributed by atoms with Crippen molar-refractivity contribution in [2.24, 2.45) is 0 Å². The second-order valence-electron chi connectivity index (χ2n) is 3.60. The first kappa shape index (κ1) is 11.6. The summed E-state index contributed by atoms with van der Waals surface area (Å²) in [6.45, 7) is 5.69. The third-order valence-corrected chi connectivity index (χ3v) is 2.40. The van der Waals surface area contributed by atoms with Gasteiger partial charge in [-0.3, -0.25) is 0 Å². The maximum atomic E-state index is 12.4. The molecule has 2 heterocycles. The fourth-order valence-electron chi connectivity index (χ4n) is 1.39. The normalized spacial score (nSPS) is 12.0. The monoisotopic (exact) mass is 241 g/mol. The van der Waals surface area contributed by atoms with Gasteiger partial charge < -0.3 is 0 Å². The largest absolute Gasteiger partial charge is 0.433 e. The molecule has 6 heteroatoms. The van der Waals surface area contributed by atoms with E-state index in [1.54, 1.807) is 0 Å². The van der Waals surface area contributed by atoms with E-state index in [1.165, 1.54) is 16.8 Å². The summed E-state index contributed by atoms with van der Waals surface area (Å²) in [4.78, 5) is 3.52. The molecule has 0 spiro atoms. The van der Waals surface area contributed by atoms with E-state index < -0.39 is 11.9 Å². The lowest BCUT2D eigenvalue weighted by molar-refractivity contribution is -0.141. The summed E-state index contributed by atoms with van der Waals surface area (Å²) in [6.07, 6.45) is -2.50. The summed E-state index contributed by atoms with van der Waals surface area (Å²) in [5.41, 5.74) is 0.589. The first-order valence-corrected chi connectivity index (χ1v) is 5.03. The second kappa shape index (κ2) is 3.87. The second-order valence-corrected chi connectivity index (χ2v) is 3.60. The minimum Gasteiger partial charge on any atom is -0.224 e. The highest BCUT2D eigenvalue weighted by Gasteiger charge is 2.32. The van der Waals surface area contributed by atoms with Crippen LogP contribution in [0.4, 0.5) is 13.2 Å². The van der Waals surface area contributed by atoms with Gasteiger partial charge in [0, 0.05) is 12.3 Å². The van der Waals surface area contributed by atoms with Gasteiger partial charge in [-0.1, -0.05) is 13.5 Å². The van der Waals surface area contributed by atoms with Gasteiger partial charge in [-0.2, -0.15) is 18.3 Å². The Balaban J connectivity index is 2.52. The average Bonchev–Trinajstić information content (AvgIpc) is 2.69. The van der Waals surface area contributed by atoms with Crippen LogP contribution in [-0.4, -0.2) is 14.6 Å². The van der Waals surface area contributed by atoms with E-state index in [0.717, 1.165) is 11.6 Å². The number of rotatable bonds is 2. The number of aromatic nitrogens is 3. The predicted octanol–water partition coefficient (Wildman–Crippen LogP) is 3.17. The van der Waals surface area contributed by atoms with Crippen LogP contribution in [0.15, 0.2) is 24.9 Å². The van der Waals surface area contributed by atoms with Crippen molar-refractivity contribution in [1.82, 2.24) is 14.6 Å². The molecule has 0 aliphatic heterocycles. The average molecular weight is 241 g/mol. The number of alkyl halides is 3. The maximum absolute atomic E-state index is 12.4. The topological polar surface area (TPSA) is 30.2 Å². The number of hydrogen-bond donors (Lipinski definition) is 0. The number of allylic oxidation sites excluding steroid dienone is 1. The summed E-state index contributed by atoms with van der Waals surface area (Å²) < 4.78 is 38.6. The van der Waals surface area contributed by atoms with E-state index >= 15 is 0 Å². The van der Waals surface area contributed by atoms with Crippen molar-refractivity contribution in [2.45, 2.75) is 19.5 Å². The van der Waals surface area contributed by atoms with E-state index in [0.29, 0.717) is 12.1 Å². The zero-order chi connectivity index (χ0) is 12.6. The van der Waals surface area contributed by atoms with Gasteiger partial charge in [0.15, 0.2) is 5.65 Å². The lowest BCUT2D eigenvalue weighted by atomic mass is 10.2. The van der Waals surface area contributed by atoms with E-state index in [4.69, 9.17) is 0 Å². The van der Waals surface area contributed by atoms with Crippen LogP contribution in [0.1, 0.15) is 24.7 Å². The lowest BCUT2D eigenvalue weighted by Gasteiger charge is -2.04. The molecule has 0 fully saturated rings. The van der Waals surface area contributed by atoms with Crippen LogP contribution in [0.3, 0.4) is 0 Å². The molecule has 2 aromatic rings. The summed E-state index contributed by atoms with van der Waals surface area (Å²) in [5.74, 6) is 0. The van der Waals surface area contributed by atoms with Crippen LogP contribution in [0.2, 0.25) is 0 Å². The molecule has 0 saturated heterocycles. The fraction of sp³-hybridized carbons (Fsp3) is 0.273. The van der Waals surface area contributed by atoms with Crippen molar-refractivity contribution in [3.8, 4) is 0 Å². The fourth-order valence-corrected chi connectivity index (χ4v) is 1.39. The van der Waals surface area contributed by atoms with Gasteiger partial charge in [-0.05, 0) is 18.1 Å². The van der Waals surface area contributed by atoms with Gasteiger partial charge in [-0.15, -0.1) is 0 Å². The Morgan fingerprint density at radius 1 is 1.47 bits per heavy atom. The highest BCUT2D eigenvalue weighted by atomic mass is 19.4. The van der Waals surface area contributed by atoms with Crippen molar-refractivity contribution >= 4 is 11.2 Å². The Hall–Kier alpha value is -1.85. The molecule has 0 bridgehead atoms. The van der Waals surface area contributed by atoms with Gasteiger partial charge in [0.1, 0.15) is 5.69 Å². The molecule has 2 rings (SSSR count). The van der Waals surface area contributed by atoms with Gasteiger partial charge >= 0.3 is 6.18 Å². The van der Waals surface area contributed by atoms with E-state index in [9.17, 15) is 13.2 Å². The Morgan fingerprint density at radius 2 is 2.18 bits per heavy atom. The predicted molar refractivity (Wildman–Crippen MR) is 57.3 cm³/mol. The van der Waals surface area contributed by atoms with Crippen LogP contribution in [-0.2, 0) is 6.18 Å². The minimum absolute atomic E-state index is 0.171. The van der Waals surface area contributed by atoms with E-state index in [-0.39, 0.29) is 5.65 Å². The molecular weight excluding hydrogens is 231 g/mol. The molecule has 0 atom stereocenters. The zero-order valence-electron chi connectivity index (χ0n) is 9.12. The molecular formula is C11H10F3N3. The third kappa shape index (κ3) is 2.15. The Labute approximate surface area is 95.6 Å². The Kier molecular flexibility index (Phi) is 2.65. The first-order valence-electron chi connectivity index (χ1n) is 5.03. The van der Waals surface area contributed by atoms with Gasteiger partial charge in [0.05, 0.1) is 5.69 Å². The van der Waals surface area contributed by atoms with Gasteiger partial charge in [-0.25, -0.2) is 9.50 Å². The van der Waals surface area contributed by atoms with Crippen molar-refractivity contribution in [2.75, 3.05) is 0 Å². The zero-order valence-corrected chi connectivity index (χ0v) is 9.12. The van der Waals surface area contributed by atoms with Crippen LogP contribution < -0.4 is 0 Å². The molecule has 0 radical (unpaired) electrons. The maximum Gasteiger partial charge on any atom is 0.433 e. The Bertz CT molecular complexity index is 569. The molecule has 0 aromatic carbocycles. The van der Waals surface area contributed by atoms with Gasteiger partial charge in [0.2, 0.25) is 0 Å². The first-order chi connectivity index (χ1) is 7.91. The lowest BCUT2D eigenvalue weighted by Crippen LogP contribution is -2.08. The molecule has 0 amide bonds. The minimum atomic E-state index is -4.44. The quantitative estimate of drug-likeness (QED) is 0.808. The molecule has 90 valence electrons. The van der Waals surface area contributed by atoms with Crippen molar-refractivity contribution < 1.29 is 13.2 Å². The molecule has 0 N–H and O–H groups in total. The number of nitrogens with zero attached hydrogens (tertiary/aromatic N) is 3. The van der Waals surface area contributed by atoms with E-state index in [1.807, 2.05) is 6.92 Å². The molecule has 3 nitrogen and oxygen atoms in total. The standard InChI is InChI=1S/C11H10F3N3/c1-3-7(2)8-6-10-15-9(11(12,13)14)4-5-17(10)16-8/h4-6H,2-3H2,1H3. The molecule has 17 heavy (non-hydrogen) atoms. The molecule has 0 aliphatic rings. The van der Waals surface area contributed by atoms with Crippen molar-refractivity contribution in [1.29, 1.82) is 0 Å². The summed E-state index contributed by atoms with van der Waals surface area (Å²) in [6, 6.07) is 2.40. The summed E-state index contributed by atoms with van der Waals surface area (Å²) in [5, 5.41) is 4.09. The molecule has 0 unspecified atom stereocenters. The number of halogens is 3. The van der Waals surface area contributed by atoms with Crippen LogP contribution in [0.25, 0.3) is 11.2 Å². The van der Waals surface area contributed by atoms with Gasteiger partial charge in [0.25, 0.3) is 0 Å². The number of fused-ring (bicyclic) bond motifs is 1. The highest BCUT2D eigenvalue weighted by molar-refractivity contribution is 5.63. The third-order valence-electron chi connectivity index (χ3n) is 2.40. The summed E-state index contributed by atoms with van der Waals surface area (Å²) in [7, 11) is 0. The van der Waals surface area contributed by atoms with Crippen LogP contribution >= 0.6 is 0 Å². The van der Waals surface area contributed by atoms with Crippen LogP contribution in [0, 0.1) is 0 Å². The molecule has 0 saturated carbocycles. The SMILES string of the molecule is C=C(CC)c1cc2nc(C(F)(F)F)ccn2n1. The van der Waals surface area contributed by atoms with E-state index in [2.05, 4.69) is 16.7 Å². The van der Waals surface area contributed by atoms with Crippen LogP contribution in [0.5, 0.6) is 0 Å². The Morgan fingerprint density at radius 3 is 2.76 bits per heavy atom. The smallest absolute Gasteiger partial charge is 0.224 e. The number of hydrogen-bond acceptors (Lipinski definition) is 2. The van der Waals surface area contributed by atoms with Crippen molar-refractivity contribution in [3.05, 3.63) is 36.3 Å². The summed E-state index contributed by atoms with van der Waals surface area (Å²) >= 11 is 0. The molecule has 0 aliphatic carbocycles. The highest BCUT2D eigenvalue weighted by Crippen LogP contribution is 2.28.